The van der Waals surface area contributed by atoms with Crippen molar-refractivity contribution in [2.45, 2.75) is 62.5 Å². The maximum Gasteiger partial charge on any atom is 0.270 e. The van der Waals surface area contributed by atoms with Crippen LogP contribution in [0.15, 0.2) is 40.8 Å². The summed E-state index contributed by atoms with van der Waals surface area (Å²) < 4.78 is 18.8. The van der Waals surface area contributed by atoms with E-state index in [0.717, 1.165) is 84.1 Å². The fourth-order valence-electron chi connectivity index (χ4n) is 9.20. The number of hydrogen-bond donors (Lipinski definition) is 1. The Kier molecular flexibility index (Phi) is 5.09. The lowest BCUT2D eigenvalue weighted by Crippen LogP contribution is -2.62. The van der Waals surface area contributed by atoms with Gasteiger partial charge in [-0.2, -0.15) is 0 Å². The van der Waals surface area contributed by atoms with Gasteiger partial charge >= 0.3 is 0 Å². The second-order valence-corrected chi connectivity index (χ2v) is 13.1. The van der Waals surface area contributed by atoms with Crippen LogP contribution in [0, 0.1) is 12.8 Å². The molecule has 2 aromatic heterocycles. The van der Waals surface area contributed by atoms with Crippen molar-refractivity contribution in [2.75, 3.05) is 33.8 Å². The van der Waals surface area contributed by atoms with Gasteiger partial charge in [0.1, 0.15) is 17.3 Å². The van der Waals surface area contributed by atoms with Gasteiger partial charge in [0.2, 0.25) is 0 Å². The van der Waals surface area contributed by atoms with Gasteiger partial charge in [-0.1, -0.05) is 18.2 Å². The zero-order valence-corrected chi connectivity index (χ0v) is 24.4. The first-order chi connectivity index (χ1) is 20.5. The molecule has 0 radical (unpaired) electrons. The van der Waals surface area contributed by atoms with E-state index in [0.29, 0.717) is 25.0 Å². The number of ether oxygens (including phenoxy) is 2. The van der Waals surface area contributed by atoms with Crippen LogP contribution in [-0.2, 0) is 18.3 Å². The summed E-state index contributed by atoms with van der Waals surface area (Å²) in [5.74, 6) is 3.29. The summed E-state index contributed by atoms with van der Waals surface area (Å²) in [5, 5.41) is 0. The number of aromatic nitrogens is 2. The summed E-state index contributed by atoms with van der Waals surface area (Å²) in [5.41, 5.74) is 8.60. The number of fused-ring (bicyclic) bond motifs is 3. The van der Waals surface area contributed by atoms with E-state index in [-0.39, 0.29) is 23.3 Å². The van der Waals surface area contributed by atoms with Crippen LogP contribution >= 0.6 is 0 Å². The molecular formula is C34H36N4O4. The van der Waals surface area contributed by atoms with Crippen LogP contribution in [0.2, 0.25) is 0 Å². The highest BCUT2D eigenvalue weighted by Gasteiger charge is 2.65. The number of H-pyrrole nitrogens is 1. The van der Waals surface area contributed by atoms with E-state index in [9.17, 15) is 4.79 Å². The third-order valence-corrected chi connectivity index (χ3v) is 11.4. The molecule has 5 heterocycles. The molecule has 5 aliphatic rings. The van der Waals surface area contributed by atoms with Crippen LogP contribution < -0.4 is 9.47 Å². The van der Waals surface area contributed by atoms with Crippen molar-refractivity contribution in [3.63, 3.8) is 0 Å². The van der Waals surface area contributed by atoms with E-state index in [1.165, 1.54) is 16.7 Å². The number of rotatable bonds is 3. The van der Waals surface area contributed by atoms with Crippen molar-refractivity contribution < 1.29 is 18.7 Å². The summed E-state index contributed by atoms with van der Waals surface area (Å²) in [7, 11) is 4.00. The SMILES string of the molecule is COc1ccc2c3c1O[C@H]1c4[nH]c(C(=O)N5CCC(c6nc7ccccc7o6)CC5)c(C)c4C[C@H]4[C@@H](C2)N(C)CCC314. The zero-order valence-electron chi connectivity index (χ0n) is 24.4. The van der Waals surface area contributed by atoms with Gasteiger partial charge in [-0.15, -0.1) is 0 Å². The third-order valence-electron chi connectivity index (χ3n) is 11.4. The summed E-state index contributed by atoms with van der Waals surface area (Å²) in [4.78, 5) is 27.0. The molecule has 8 nitrogen and oxygen atoms in total. The number of oxazole rings is 1. The van der Waals surface area contributed by atoms with Crippen LogP contribution in [-0.4, -0.2) is 65.5 Å². The molecular weight excluding hydrogens is 528 g/mol. The molecule has 4 aromatic rings. The first-order valence-corrected chi connectivity index (χ1v) is 15.4. The predicted octanol–water partition coefficient (Wildman–Crippen LogP) is 5.30. The van der Waals surface area contributed by atoms with Crippen LogP contribution in [0.3, 0.4) is 0 Å². The van der Waals surface area contributed by atoms with Crippen LogP contribution in [0.1, 0.15) is 75.6 Å². The van der Waals surface area contributed by atoms with Gasteiger partial charge in [-0.25, -0.2) is 4.98 Å². The van der Waals surface area contributed by atoms with Gasteiger partial charge < -0.3 is 28.7 Å². The number of amides is 1. The van der Waals surface area contributed by atoms with E-state index in [1.807, 2.05) is 29.2 Å². The zero-order chi connectivity index (χ0) is 28.3. The van der Waals surface area contributed by atoms with Crippen molar-refractivity contribution >= 4 is 17.0 Å². The fourth-order valence-corrected chi connectivity index (χ4v) is 9.20. The standard InChI is InChI=1S/C34H36N4O4/c1-18-21-17-22-24-16-20-8-9-26(40-3)30-27(20)34(22,12-15-37(24)2)31(42-30)29(21)36-28(18)33(39)38-13-10-19(11-14-38)32-35-23-6-4-5-7-25(23)41-32/h4-9,19,22,24,31,36H,10-17H2,1-3H3/t22-,24+,31-,34?/m0/s1. The second-order valence-electron chi connectivity index (χ2n) is 13.1. The molecule has 2 saturated heterocycles. The molecule has 3 aliphatic heterocycles. The molecule has 2 aliphatic carbocycles. The first kappa shape index (κ1) is 24.8. The molecule has 2 bridgehead atoms. The quantitative estimate of drug-likeness (QED) is 0.364. The van der Waals surface area contributed by atoms with Crippen molar-refractivity contribution in [1.29, 1.82) is 0 Å². The van der Waals surface area contributed by atoms with E-state index in [4.69, 9.17) is 18.9 Å². The number of benzene rings is 2. The van der Waals surface area contributed by atoms with Gasteiger partial charge in [-0.05, 0) is 93.4 Å². The molecule has 1 N–H and O–H groups in total. The van der Waals surface area contributed by atoms with Gasteiger partial charge in [0.25, 0.3) is 5.91 Å². The van der Waals surface area contributed by atoms with E-state index in [2.05, 4.69) is 36.0 Å². The van der Waals surface area contributed by atoms with Crippen LogP contribution in [0.25, 0.3) is 11.1 Å². The summed E-state index contributed by atoms with van der Waals surface area (Å²) in [6.45, 7) is 4.56. The number of likely N-dealkylation sites (N-methyl/N-ethyl adjacent to an activating group) is 1. The number of nitrogens with one attached hydrogen (secondary N) is 1. The molecule has 0 saturated carbocycles. The summed E-state index contributed by atoms with van der Waals surface area (Å²) in [6.07, 6.45) is 4.62. The molecule has 1 amide bonds. The van der Waals surface area contributed by atoms with Gasteiger partial charge in [0, 0.05) is 36.0 Å². The van der Waals surface area contributed by atoms with Gasteiger partial charge in [0.05, 0.1) is 12.8 Å². The Bertz CT molecular complexity index is 1730. The number of hydrogen-bond acceptors (Lipinski definition) is 6. The minimum atomic E-state index is -0.127. The highest BCUT2D eigenvalue weighted by molar-refractivity contribution is 5.95. The highest BCUT2D eigenvalue weighted by Crippen LogP contribution is 2.67. The molecule has 1 spiro atoms. The molecule has 2 aromatic carbocycles. The largest absolute Gasteiger partial charge is 0.493 e. The van der Waals surface area contributed by atoms with E-state index < -0.39 is 0 Å². The lowest BCUT2D eigenvalue weighted by Gasteiger charge is -2.57. The molecule has 216 valence electrons. The monoisotopic (exact) mass is 564 g/mol. The first-order valence-electron chi connectivity index (χ1n) is 15.4. The number of para-hydroxylation sites is 2. The summed E-state index contributed by atoms with van der Waals surface area (Å²) >= 11 is 0. The average molecular weight is 565 g/mol. The maximum atomic E-state index is 14.1. The van der Waals surface area contributed by atoms with Crippen molar-refractivity contribution in [1.82, 2.24) is 19.8 Å². The molecule has 8 heteroatoms. The van der Waals surface area contributed by atoms with Crippen LogP contribution in [0.5, 0.6) is 11.5 Å². The van der Waals surface area contributed by atoms with Gasteiger partial charge in [-0.3, -0.25) is 4.79 Å². The van der Waals surface area contributed by atoms with E-state index in [1.54, 1.807) is 7.11 Å². The normalized spacial score (nSPS) is 28.0. The van der Waals surface area contributed by atoms with Crippen molar-refractivity contribution in [3.05, 3.63) is 75.9 Å². The topological polar surface area (TPSA) is 83.8 Å². The minimum Gasteiger partial charge on any atom is -0.493 e. The number of carbonyl (C=O) groups excluding carboxylic acids is 1. The lowest BCUT2D eigenvalue weighted by atomic mass is 9.51. The third kappa shape index (κ3) is 3.11. The lowest BCUT2D eigenvalue weighted by molar-refractivity contribution is -0.0256. The fraction of sp³-hybridized carbons (Fsp3) is 0.471. The smallest absolute Gasteiger partial charge is 0.270 e. The Balaban J connectivity index is 1.04. The van der Waals surface area contributed by atoms with Gasteiger partial charge in [0.15, 0.2) is 23.0 Å². The maximum absolute atomic E-state index is 14.1. The Morgan fingerprint density at radius 1 is 1.12 bits per heavy atom. The summed E-state index contributed by atoms with van der Waals surface area (Å²) in [6, 6.07) is 12.7. The highest BCUT2D eigenvalue weighted by atomic mass is 16.5. The Labute approximate surface area is 245 Å². The Hall–Kier alpha value is -3.78. The van der Waals surface area contributed by atoms with E-state index >= 15 is 0 Å². The second kappa shape index (κ2) is 8.63. The number of likely N-dealkylation sites (tertiary alicyclic amines) is 2. The molecule has 4 atom stereocenters. The molecule has 9 rings (SSSR count). The minimum absolute atomic E-state index is 0.0861. The Morgan fingerprint density at radius 2 is 1.95 bits per heavy atom. The van der Waals surface area contributed by atoms with Crippen molar-refractivity contribution in [3.8, 4) is 11.5 Å². The average Bonchev–Trinajstić information content (AvgIpc) is 3.70. The van der Waals surface area contributed by atoms with Crippen LogP contribution in [0.4, 0.5) is 0 Å². The number of nitrogens with zero attached hydrogens (tertiary/aromatic N) is 3. The Morgan fingerprint density at radius 3 is 2.76 bits per heavy atom. The molecule has 1 unspecified atom stereocenters. The predicted molar refractivity (Wildman–Crippen MR) is 157 cm³/mol. The number of aromatic amines is 1. The van der Waals surface area contributed by atoms with Crippen molar-refractivity contribution in [2.24, 2.45) is 5.92 Å². The molecule has 2 fully saturated rings. The number of piperidine rings is 2. The molecule has 42 heavy (non-hydrogen) atoms. The number of carbonyl (C=O) groups is 1. The number of methoxy groups -OCH3 is 1.